The summed E-state index contributed by atoms with van der Waals surface area (Å²) in [5.41, 5.74) is 0.384. The van der Waals surface area contributed by atoms with Crippen LogP contribution in [-0.4, -0.2) is 5.78 Å². The molecule has 0 N–H and O–H groups in total. The third-order valence-electron chi connectivity index (χ3n) is 5.13. The van der Waals surface area contributed by atoms with Gasteiger partial charge in [0.05, 0.1) is 0 Å². The van der Waals surface area contributed by atoms with Gasteiger partial charge in [-0.25, -0.2) is 0 Å². The highest BCUT2D eigenvalue weighted by atomic mass is 16.1. The Hall–Kier alpha value is -0.330. The summed E-state index contributed by atoms with van der Waals surface area (Å²) in [6.45, 7) is 6.37. The highest BCUT2D eigenvalue weighted by Crippen LogP contribution is 2.62. The first-order valence-corrected chi connectivity index (χ1v) is 6.16. The molecule has 2 aliphatic carbocycles. The van der Waals surface area contributed by atoms with E-state index in [-0.39, 0.29) is 0 Å². The van der Waals surface area contributed by atoms with E-state index in [2.05, 4.69) is 13.8 Å². The Morgan fingerprint density at radius 1 is 1.29 bits per heavy atom. The van der Waals surface area contributed by atoms with E-state index in [1.54, 1.807) is 0 Å². The molecule has 2 saturated carbocycles. The van der Waals surface area contributed by atoms with Gasteiger partial charge < -0.3 is 0 Å². The van der Waals surface area contributed by atoms with Crippen molar-refractivity contribution in [3.63, 3.8) is 0 Å². The molecule has 3 unspecified atom stereocenters. The molecule has 0 heterocycles. The standard InChI is InChI=1S/C13H22O/c1-4-13(5-2)11-7-6-10(8-11)12(13)9(3)14/h10-12H,4-8H2,1-3H3. The Bertz CT molecular complexity index is 240. The predicted molar refractivity (Wildman–Crippen MR) is 58.0 cm³/mol. The molecule has 14 heavy (non-hydrogen) atoms. The summed E-state index contributed by atoms with van der Waals surface area (Å²) >= 11 is 0. The third kappa shape index (κ3) is 1.11. The van der Waals surface area contributed by atoms with E-state index in [0.29, 0.717) is 17.1 Å². The summed E-state index contributed by atoms with van der Waals surface area (Å²) < 4.78 is 0. The number of hydrogen-bond acceptors (Lipinski definition) is 1. The van der Waals surface area contributed by atoms with Crippen molar-refractivity contribution in [3.8, 4) is 0 Å². The number of fused-ring (bicyclic) bond motifs is 2. The lowest BCUT2D eigenvalue weighted by Crippen LogP contribution is -2.39. The summed E-state index contributed by atoms with van der Waals surface area (Å²) in [6, 6.07) is 0. The Morgan fingerprint density at radius 2 is 1.93 bits per heavy atom. The van der Waals surface area contributed by atoms with Crippen LogP contribution in [0.25, 0.3) is 0 Å². The van der Waals surface area contributed by atoms with Gasteiger partial charge in [0.15, 0.2) is 0 Å². The van der Waals surface area contributed by atoms with Crippen LogP contribution in [-0.2, 0) is 4.79 Å². The SMILES string of the molecule is CCC1(CC)C2CCC(C2)C1C(C)=O. The van der Waals surface area contributed by atoms with E-state index in [1.165, 1.54) is 32.1 Å². The molecule has 2 fully saturated rings. The van der Waals surface area contributed by atoms with Crippen LogP contribution in [0.2, 0.25) is 0 Å². The lowest BCUT2D eigenvalue weighted by atomic mass is 9.62. The number of ketones is 1. The summed E-state index contributed by atoms with van der Waals surface area (Å²) in [7, 11) is 0. The fourth-order valence-corrected chi connectivity index (χ4v) is 4.57. The summed E-state index contributed by atoms with van der Waals surface area (Å²) in [5, 5.41) is 0. The first-order chi connectivity index (χ1) is 6.65. The Balaban J connectivity index is 2.33. The van der Waals surface area contributed by atoms with E-state index < -0.39 is 0 Å². The molecule has 0 radical (unpaired) electrons. The van der Waals surface area contributed by atoms with Crippen molar-refractivity contribution in [1.29, 1.82) is 0 Å². The first kappa shape index (κ1) is 10.2. The van der Waals surface area contributed by atoms with Gasteiger partial charge in [0, 0.05) is 5.92 Å². The van der Waals surface area contributed by atoms with Crippen molar-refractivity contribution >= 4 is 5.78 Å². The average Bonchev–Trinajstić information content (AvgIpc) is 2.74. The summed E-state index contributed by atoms with van der Waals surface area (Å²) in [6.07, 6.45) is 6.45. The normalized spacial score (nSPS) is 38.9. The van der Waals surface area contributed by atoms with Crippen LogP contribution >= 0.6 is 0 Å². The molecular weight excluding hydrogens is 172 g/mol. The van der Waals surface area contributed by atoms with Crippen LogP contribution in [0, 0.1) is 23.2 Å². The monoisotopic (exact) mass is 194 g/mol. The minimum atomic E-state index is 0.384. The molecule has 0 spiro atoms. The molecule has 1 nitrogen and oxygen atoms in total. The zero-order chi connectivity index (χ0) is 10.3. The van der Waals surface area contributed by atoms with Gasteiger partial charge in [0.1, 0.15) is 5.78 Å². The Kier molecular flexibility index (Phi) is 2.45. The maximum Gasteiger partial charge on any atom is 0.133 e. The minimum Gasteiger partial charge on any atom is -0.300 e. The summed E-state index contributed by atoms with van der Waals surface area (Å²) in [4.78, 5) is 11.8. The largest absolute Gasteiger partial charge is 0.300 e. The molecule has 0 aromatic heterocycles. The van der Waals surface area contributed by atoms with Crippen molar-refractivity contribution in [3.05, 3.63) is 0 Å². The van der Waals surface area contributed by atoms with Gasteiger partial charge in [-0.1, -0.05) is 13.8 Å². The van der Waals surface area contributed by atoms with Crippen molar-refractivity contribution in [1.82, 2.24) is 0 Å². The van der Waals surface area contributed by atoms with Crippen molar-refractivity contribution < 1.29 is 4.79 Å². The highest BCUT2D eigenvalue weighted by Gasteiger charge is 2.57. The van der Waals surface area contributed by atoms with Crippen LogP contribution in [0.5, 0.6) is 0 Å². The Morgan fingerprint density at radius 3 is 2.36 bits per heavy atom. The molecule has 80 valence electrons. The van der Waals surface area contributed by atoms with E-state index in [9.17, 15) is 4.79 Å². The van der Waals surface area contributed by atoms with Crippen molar-refractivity contribution in [2.75, 3.05) is 0 Å². The lowest BCUT2D eigenvalue weighted by Gasteiger charge is -2.42. The van der Waals surface area contributed by atoms with Gasteiger partial charge in [-0.05, 0) is 56.3 Å². The number of carbonyl (C=O) groups is 1. The number of hydrogen-bond donors (Lipinski definition) is 0. The molecule has 3 atom stereocenters. The quantitative estimate of drug-likeness (QED) is 0.672. The van der Waals surface area contributed by atoms with Crippen LogP contribution in [0.4, 0.5) is 0 Å². The van der Waals surface area contributed by atoms with E-state index in [1.807, 2.05) is 6.92 Å². The van der Waals surface area contributed by atoms with Crippen LogP contribution in [0.3, 0.4) is 0 Å². The second kappa shape index (κ2) is 3.36. The van der Waals surface area contributed by atoms with Gasteiger partial charge in [-0.15, -0.1) is 0 Å². The molecule has 2 aliphatic rings. The lowest BCUT2D eigenvalue weighted by molar-refractivity contribution is -0.128. The van der Waals surface area contributed by atoms with Gasteiger partial charge in [-0.3, -0.25) is 4.79 Å². The molecule has 1 heteroatoms. The maximum absolute atomic E-state index is 11.8. The first-order valence-electron chi connectivity index (χ1n) is 6.16. The second-order valence-corrected chi connectivity index (χ2v) is 5.30. The number of Topliss-reactive ketones (excluding diaryl/α,β-unsaturated/α-hetero) is 1. The Labute approximate surface area is 87.3 Å². The smallest absolute Gasteiger partial charge is 0.133 e. The second-order valence-electron chi connectivity index (χ2n) is 5.30. The van der Waals surface area contributed by atoms with Crippen LogP contribution in [0.15, 0.2) is 0 Å². The predicted octanol–water partition coefficient (Wildman–Crippen LogP) is 3.43. The van der Waals surface area contributed by atoms with Crippen molar-refractivity contribution in [2.24, 2.45) is 23.2 Å². The molecule has 2 rings (SSSR count). The van der Waals surface area contributed by atoms with Crippen LogP contribution < -0.4 is 0 Å². The van der Waals surface area contributed by atoms with E-state index in [0.717, 1.165) is 11.8 Å². The molecule has 0 aromatic rings. The molecule has 0 aliphatic heterocycles. The minimum absolute atomic E-state index is 0.384. The van der Waals surface area contributed by atoms with Gasteiger partial charge in [0.2, 0.25) is 0 Å². The molecule has 2 bridgehead atoms. The fraction of sp³-hybridized carbons (Fsp3) is 0.923. The number of rotatable bonds is 3. The zero-order valence-corrected chi connectivity index (χ0v) is 9.68. The maximum atomic E-state index is 11.8. The van der Waals surface area contributed by atoms with E-state index >= 15 is 0 Å². The topological polar surface area (TPSA) is 17.1 Å². The fourth-order valence-electron chi connectivity index (χ4n) is 4.57. The average molecular weight is 194 g/mol. The number of carbonyl (C=O) groups excluding carboxylic acids is 1. The van der Waals surface area contributed by atoms with Gasteiger partial charge in [-0.2, -0.15) is 0 Å². The summed E-state index contributed by atoms with van der Waals surface area (Å²) in [5.74, 6) is 2.45. The van der Waals surface area contributed by atoms with Gasteiger partial charge in [0.25, 0.3) is 0 Å². The molecule has 0 saturated heterocycles. The zero-order valence-electron chi connectivity index (χ0n) is 9.68. The van der Waals surface area contributed by atoms with Crippen LogP contribution in [0.1, 0.15) is 52.9 Å². The van der Waals surface area contributed by atoms with Crippen molar-refractivity contribution in [2.45, 2.75) is 52.9 Å². The molecular formula is C13H22O. The molecule has 0 amide bonds. The highest BCUT2D eigenvalue weighted by molar-refractivity contribution is 5.80. The molecule has 0 aromatic carbocycles. The van der Waals surface area contributed by atoms with Gasteiger partial charge >= 0.3 is 0 Å². The van der Waals surface area contributed by atoms with E-state index in [4.69, 9.17) is 0 Å². The third-order valence-corrected chi connectivity index (χ3v) is 5.13.